The van der Waals surface area contributed by atoms with Crippen LogP contribution in [0.5, 0.6) is 5.75 Å². The average Bonchev–Trinajstić information content (AvgIpc) is 2.81. The fourth-order valence-corrected chi connectivity index (χ4v) is 4.51. The van der Waals surface area contributed by atoms with Gasteiger partial charge in [-0.05, 0) is 18.2 Å². The van der Waals surface area contributed by atoms with Crippen molar-refractivity contribution in [3.05, 3.63) is 88.2 Å². The van der Waals surface area contributed by atoms with Crippen LogP contribution in [0.1, 0.15) is 21.5 Å². The van der Waals surface area contributed by atoms with Gasteiger partial charge in [-0.2, -0.15) is 0 Å². The van der Waals surface area contributed by atoms with E-state index >= 15 is 0 Å². The zero-order valence-electron chi connectivity index (χ0n) is 18.1. The summed E-state index contributed by atoms with van der Waals surface area (Å²) in [7, 11) is 1.27. The molecule has 1 aliphatic heterocycles. The Kier molecular flexibility index (Phi) is 6.97. The maximum atomic E-state index is 14.4. The Morgan fingerprint density at radius 3 is 2.23 bits per heavy atom. The third-order valence-corrected chi connectivity index (χ3v) is 6.39. The minimum absolute atomic E-state index is 0.000676. The predicted octanol–water partition coefficient (Wildman–Crippen LogP) is 4.96. The lowest BCUT2D eigenvalue weighted by Gasteiger charge is -2.29. The first-order chi connectivity index (χ1) is 16.7. The van der Waals surface area contributed by atoms with E-state index in [9.17, 15) is 31.5 Å². The molecule has 0 fully saturated rings. The molecule has 35 heavy (non-hydrogen) atoms. The number of fused-ring (bicyclic) bond motifs is 1. The van der Waals surface area contributed by atoms with Crippen molar-refractivity contribution in [3.63, 3.8) is 0 Å². The number of benzene rings is 3. The molecule has 0 aliphatic carbocycles. The molecule has 182 valence electrons. The largest absolute Gasteiger partial charge is 0.497 e. The van der Waals surface area contributed by atoms with Crippen LogP contribution in [0.2, 0.25) is 0 Å². The minimum atomic E-state index is -1.13. The number of ether oxygens (including phenoxy) is 1. The van der Waals surface area contributed by atoms with Crippen molar-refractivity contribution in [2.24, 2.45) is 0 Å². The third kappa shape index (κ3) is 5.09. The number of hydrogen-bond donors (Lipinski definition) is 1. The van der Waals surface area contributed by atoms with Crippen LogP contribution in [0, 0.1) is 29.1 Å². The number of nitrogens with one attached hydrogen (secondary N) is 1. The van der Waals surface area contributed by atoms with E-state index in [1.807, 2.05) is 0 Å². The second-order valence-corrected chi connectivity index (χ2v) is 8.57. The van der Waals surface area contributed by atoms with Gasteiger partial charge in [0.05, 0.1) is 25.1 Å². The molecule has 2 amide bonds. The number of anilines is 1. The van der Waals surface area contributed by atoms with Gasteiger partial charge in [-0.25, -0.2) is 22.0 Å². The lowest BCUT2D eigenvalue weighted by atomic mass is 10.1. The first-order valence-electron chi connectivity index (χ1n) is 10.2. The van der Waals surface area contributed by atoms with Gasteiger partial charge in [-0.3, -0.25) is 9.59 Å². The zero-order chi connectivity index (χ0) is 25.3. The molecule has 0 saturated carbocycles. The summed E-state index contributed by atoms with van der Waals surface area (Å²) in [5.41, 5.74) is -0.321. The summed E-state index contributed by atoms with van der Waals surface area (Å²) >= 11 is 1.14. The molecule has 0 unspecified atom stereocenters. The topological polar surface area (TPSA) is 58.6 Å². The van der Waals surface area contributed by atoms with Gasteiger partial charge in [0.1, 0.15) is 34.8 Å². The number of carbonyl (C=O) groups excluding carboxylic acids is 2. The highest BCUT2D eigenvalue weighted by Gasteiger charge is 2.28. The first-order valence-corrected chi connectivity index (χ1v) is 11.2. The quantitative estimate of drug-likeness (QED) is 0.479. The summed E-state index contributed by atoms with van der Waals surface area (Å²) in [6.07, 6.45) is 0. The molecule has 11 heteroatoms. The standard InChI is InChI=1S/C24H17F5N2O3S/c1-34-14-7-19(28)16(20(29)8-14)10-31-21-3-2-12(4-22(21)35-11-23(31)32)24(33)30-9-15-17(26)5-13(25)6-18(15)27/h2-8H,9-11H2,1H3,(H,30,33). The number of thioether (sulfide) groups is 1. The Morgan fingerprint density at radius 2 is 1.60 bits per heavy atom. The maximum Gasteiger partial charge on any atom is 0.251 e. The summed E-state index contributed by atoms with van der Waals surface area (Å²) in [6.45, 7) is -0.885. The Bertz CT molecular complexity index is 1290. The lowest BCUT2D eigenvalue weighted by Crippen LogP contribution is -2.35. The van der Waals surface area contributed by atoms with E-state index < -0.39 is 47.1 Å². The molecule has 0 atom stereocenters. The molecule has 0 bridgehead atoms. The molecular formula is C24H17F5N2O3S. The van der Waals surface area contributed by atoms with Crippen molar-refractivity contribution >= 4 is 29.3 Å². The number of rotatable bonds is 6. The SMILES string of the molecule is COc1cc(F)c(CN2C(=O)CSc3cc(C(=O)NCc4c(F)cc(F)cc4F)ccc32)c(F)c1. The highest BCUT2D eigenvalue weighted by atomic mass is 32.2. The van der Waals surface area contributed by atoms with Crippen molar-refractivity contribution in [1.29, 1.82) is 0 Å². The van der Waals surface area contributed by atoms with E-state index in [2.05, 4.69) is 5.32 Å². The molecule has 1 N–H and O–H groups in total. The summed E-state index contributed by atoms with van der Waals surface area (Å²) in [6, 6.07) is 7.35. The van der Waals surface area contributed by atoms with E-state index in [0.717, 1.165) is 23.9 Å². The van der Waals surface area contributed by atoms with Gasteiger partial charge in [0.25, 0.3) is 5.91 Å². The van der Waals surface area contributed by atoms with Gasteiger partial charge in [0.15, 0.2) is 0 Å². The predicted molar refractivity (Wildman–Crippen MR) is 119 cm³/mol. The van der Waals surface area contributed by atoms with Crippen molar-refractivity contribution in [1.82, 2.24) is 5.32 Å². The molecule has 5 nitrogen and oxygen atoms in total. The molecule has 1 heterocycles. The van der Waals surface area contributed by atoms with E-state index in [0.29, 0.717) is 22.7 Å². The summed E-state index contributed by atoms with van der Waals surface area (Å²) < 4.78 is 74.4. The van der Waals surface area contributed by atoms with E-state index in [1.165, 1.54) is 30.2 Å². The van der Waals surface area contributed by atoms with E-state index in [-0.39, 0.29) is 35.1 Å². The van der Waals surface area contributed by atoms with Crippen LogP contribution in [0.15, 0.2) is 47.4 Å². The minimum Gasteiger partial charge on any atom is -0.497 e. The van der Waals surface area contributed by atoms with Crippen LogP contribution in [-0.4, -0.2) is 24.7 Å². The fourth-order valence-electron chi connectivity index (χ4n) is 3.54. The van der Waals surface area contributed by atoms with Crippen LogP contribution in [0.3, 0.4) is 0 Å². The molecule has 1 aliphatic rings. The Balaban J connectivity index is 1.54. The summed E-state index contributed by atoms with van der Waals surface area (Å²) in [5.74, 6) is -6.13. The van der Waals surface area contributed by atoms with Gasteiger partial charge in [-0.1, -0.05) is 0 Å². The normalized spacial score (nSPS) is 13.0. The van der Waals surface area contributed by atoms with Crippen LogP contribution < -0.4 is 15.0 Å². The van der Waals surface area contributed by atoms with Crippen molar-refractivity contribution in [2.75, 3.05) is 17.8 Å². The Labute approximate surface area is 200 Å². The first kappa shape index (κ1) is 24.5. The Hall–Kier alpha value is -3.60. The summed E-state index contributed by atoms with van der Waals surface area (Å²) in [4.78, 5) is 26.8. The molecule has 4 rings (SSSR count). The maximum absolute atomic E-state index is 14.4. The number of halogens is 5. The fraction of sp³-hybridized carbons (Fsp3) is 0.167. The second-order valence-electron chi connectivity index (χ2n) is 7.55. The van der Waals surface area contributed by atoms with Gasteiger partial charge in [0.2, 0.25) is 5.91 Å². The number of carbonyl (C=O) groups is 2. The van der Waals surface area contributed by atoms with Crippen molar-refractivity contribution < 1.29 is 36.3 Å². The molecule has 3 aromatic rings. The van der Waals surface area contributed by atoms with Crippen LogP contribution in [0.4, 0.5) is 27.6 Å². The lowest BCUT2D eigenvalue weighted by molar-refractivity contribution is -0.116. The highest BCUT2D eigenvalue weighted by Crippen LogP contribution is 2.37. The number of amides is 2. The smallest absolute Gasteiger partial charge is 0.251 e. The van der Waals surface area contributed by atoms with Crippen LogP contribution in [-0.2, 0) is 17.9 Å². The van der Waals surface area contributed by atoms with Gasteiger partial charge < -0.3 is 15.0 Å². The van der Waals surface area contributed by atoms with Crippen LogP contribution >= 0.6 is 11.8 Å². The molecule has 0 radical (unpaired) electrons. The third-order valence-electron chi connectivity index (χ3n) is 5.36. The average molecular weight is 508 g/mol. The monoisotopic (exact) mass is 508 g/mol. The van der Waals surface area contributed by atoms with Crippen molar-refractivity contribution in [2.45, 2.75) is 18.0 Å². The van der Waals surface area contributed by atoms with E-state index in [1.54, 1.807) is 0 Å². The van der Waals surface area contributed by atoms with Gasteiger partial charge >= 0.3 is 0 Å². The van der Waals surface area contributed by atoms with Gasteiger partial charge in [-0.15, -0.1) is 11.8 Å². The van der Waals surface area contributed by atoms with Crippen LogP contribution in [0.25, 0.3) is 0 Å². The number of nitrogens with zero attached hydrogens (tertiary/aromatic N) is 1. The molecule has 3 aromatic carbocycles. The van der Waals surface area contributed by atoms with Crippen molar-refractivity contribution in [3.8, 4) is 5.75 Å². The highest BCUT2D eigenvalue weighted by molar-refractivity contribution is 8.00. The van der Waals surface area contributed by atoms with Gasteiger partial charge in [0, 0.05) is 52.4 Å². The summed E-state index contributed by atoms with van der Waals surface area (Å²) in [5, 5.41) is 2.37. The zero-order valence-corrected chi connectivity index (χ0v) is 18.9. The molecule has 0 spiro atoms. The molecule has 0 saturated heterocycles. The second kappa shape index (κ2) is 9.95. The Morgan fingerprint density at radius 1 is 0.971 bits per heavy atom. The molecule has 0 aromatic heterocycles. The number of hydrogen-bond acceptors (Lipinski definition) is 4. The van der Waals surface area contributed by atoms with E-state index in [4.69, 9.17) is 4.74 Å². The molecular weight excluding hydrogens is 491 g/mol. The number of methoxy groups -OCH3 is 1.